The van der Waals surface area contributed by atoms with Crippen LogP contribution < -0.4 is 10.6 Å². The van der Waals surface area contributed by atoms with Crippen LogP contribution in [0.3, 0.4) is 0 Å². The number of phenols is 1. The van der Waals surface area contributed by atoms with Gasteiger partial charge in [-0.3, -0.25) is 9.59 Å². The molecule has 2 amide bonds. The predicted molar refractivity (Wildman–Crippen MR) is 122 cm³/mol. The SMILES string of the molecule is O=C1NC2SCCCN2C(O)=C1C(C1=C(O)N2CCCSC2NC1=O)c1ccc(O)cc1. The highest BCUT2D eigenvalue weighted by molar-refractivity contribution is 8.00. The Labute approximate surface area is 193 Å². The number of rotatable bonds is 3. The minimum atomic E-state index is -1.02. The molecule has 4 aliphatic rings. The fourth-order valence-corrected chi connectivity index (χ4v) is 6.69. The zero-order valence-electron chi connectivity index (χ0n) is 17.2. The molecule has 2 atom stereocenters. The Bertz CT molecular complexity index is 954. The first kappa shape index (κ1) is 21.2. The van der Waals surface area contributed by atoms with E-state index < -0.39 is 17.7 Å². The van der Waals surface area contributed by atoms with Crippen LogP contribution in [-0.4, -0.2) is 72.5 Å². The Balaban J connectivity index is 1.67. The number of thioether (sulfide) groups is 2. The van der Waals surface area contributed by atoms with Gasteiger partial charge in [-0.05, 0) is 42.0 Å². The molecule has 170 valence electrons. The van der Waals surface area contributed by atoms with Crippen molar-refractivity contribution in [2.75, 3.05) is 24.6 Å². The van der Waals surface area contributed by atoms with Gasteiger partial charge in [0.2, 0.25) is 0 Å². The highest BCUT2D eigenvalue weighted by atomic mass is 32.2. The molecule has 0 aromatic heterocycles. The fraction of sp³-hybridized carbons (Fsp3) is 0.429. The molecule has 2 fully saturated rings. The van der Waals surface area contributed by atoms with Crippen LogP contribution in [0.1, 0.15) is 24.3 Å². The van der Waals surface area contributed by atoms with Crippen molar-refractivity contribution in [2.24, 2.45) is 0 Å². The van der Waals surface area contributed by atoms with Gasteiger partial charge in [-0.25, -0.2) is 0 Å². The lowest BCUT2D eigenvalue weighted by Gasteiger charge is -2.44. The van der Waals surface area contributed by atoms with Gasteiger partial charge in [0.1, 0.15) is 5.75 Å². The minimum Gasteiger partial charge on any atom is -0.508 e. The fourth-order valence-electron chi connectivity index (χ4n) is 4.50. The van der Waals surface area contributed by atoms with Crippen LogP contribution in [0.5, 0.6) is 5.75 Å². The third-order valence-corrected chi connectivity index (χ3v) is 8.46. The lowest BCUT2D eigenvalue weighted by atomic mass is 9.82. The molecule has 11 heteroatoms. The number of phenolic OH excluding ortho intramolecular Hbond substituents is 1. The van der Waals surface area contributed by atoms with E-state index in [1.807, 2.05) is 0 Å². The van der Waals surface area contributed by atoms with Crippen LogP contribution >= 0.6 is 23.5 Å². The van der Waals surface area contributed by atoms with Crippen molar-refractivity contribution in [3.05, 3.63) is 52.7 Å². The van der Waals surface area contributed by atoms with Crippen LogP contribution in [0.15, 0.2) is 47.2 Å². The first-order valence-electron chi connectivity index (χ1n) is 10.5. The number of carbonyl (C=O) groups excluding carboxylic acids is 2. The first-order chi connectivity index (χ1) is 15.5. The molecule has 1 aromatic rings. The van der Waals surface area contributed by atoms with E-state index in [0.717, 1.165) is 24.3 Å². The summed E-state index contributed by atoms with van der Waals surface area (Å²) in [6.45, 7) is 1.13. The number of carbonyl (C=O) groups is 2. The van der Waals surface area contributed by atoms with Crippen molar-refractivity contribution in [1.82, 2.24) is 20.4 Å². The smallest absolute Gasteiger partial charge is 0.255 e. The third kappa shape index (κ3) is 3.53. The maximum atomic E-state index is 13.2. The van der Waals surface area contributed by atoms with Crippen molar-refractivity contribution in [1.29, 1.82) is 0 Å². The maximum absolute atomic E-state index is 13.2. The van der Waals surface area contributed by atoms with Crippen molar-refractivity contribution in [3.63, 3.8) is 0 Å². The average molecular weight is 477 g/mol. The summed E-state index contributed by atoms with van der Waals surface area (Å²) in [4.78, 5) is 29.9. The highest BCUT2D eigenvalue weighted by Gasteiger charge is 2.45. The standard InChI is InChI=1S/C21H24N4O5S2/c26-12-5-3-11(4-6-12)13(14-16(27)22-20-24(18(14)29)7-1-9-31-20)15-17(28)23-21-25(19(15)30)8-2-10-32-21/h3-6,13,20-21,26,29-30H,1-2,7-10H2,(H,22,27)(H,23,28). The number of aliphatic hydroxyl groups excluding tert-OH is 2. The second-order valence-corrected chi connectivity index (χ2v) is 10.4. The topological polar surface area (TPSA) is 125 Å². The summed E-state index contributed by atoms with van der Waals surface area (Å²) >= 11 is 3.07. The number of nitrogens with one attached hydrogen (secondary N) is 2. The van der Waals surface area contributed by atoms with Crippen molar-refractivity contribution >= 4 is 35.3 Å². The van der Waals surface area contributed by atoms with Crippen LogP contribution in [0, 0.1) is 0 Å². The molecule has 1 aromatic carbocycles. The van der Waals surface area contributed by atoms with E-state index in [1.165, 1.54) is 35.7 Å². The number of amides is 2. The predicted octanol–water partition coefficient (Wildman–Crippen LogP) is 1.72. The van der Waals surface area contributed by atoms with E-state index in [-0.39, 0.29) is 39.7 Å². The van der Waals surface area contributed by atoms with Gasteiger partial charge in [-0.1, -0.05) is 12.1 Å². The normalized spacial score (nSPS) is 26.9. The summed E-state index contributed by atoms with van der Waals surface area (Å²) in [5, 5.41) is 38.0. The zero-order chi connectivity index (χ0) is 22.4. The van der Waals surface area contributed by atoms with Crippen molar-refractivity contribution < 1.29 is 24.9 Å². The Hall–Kier alpha value is -2.66. The van der Waals surface area contributed by atoms with E-state index in [0.29, 0.717) is 18.7 Å². The van der Waals surface area contributed by atoms with E-state index in [4.69, 9.17) is 0 Å². The molecule has 0 radical (unpaired) electrons. The average Bonchev–Trinajstić information content (AvgIpc) is 2.78. The van der Waals surface area contributed by atoms with E-state index in [9.17, 15) is 24.9 Å². The Morgan fingerprint density at radius 1 is 0.812 bits per heavy atom. The molecule has 2 saturated heterocycles. The molecule has 0 saturated carbocycles. The van der Waals surface area contributed by atoms with Gasteiger partial charge >= 0.3 is 0 Å². The maximum Gasteiger partial charge on any atom is 0.255 e. The number of hydrogen-bond acceptors (Lipinski definition) is 9. The van der Waals surface area contributed by atoms with E-state index >= 15 is 0 Å². The quantitative estimate of drug-likeness (QED) is 0.443. The number of benzene rings is 1. The molecule has 2 unspecified atom stereocenters. The molecule has 4 aliphatic heterocycles. The van der Waals surface area contributed by atoms with Crippen LogP contribution in [0.25, 0.3) is 0 Å². The Kier molecular flexibility index (Phi) is 5.54. The monoisotopic (exact) mass is 476 g/mol. The lowest BCUT2D eigenvalue weighted by molar-refractivity contribution is -0.121. The molecule has 0 aliphatic carbocycles. The largest absolute Gasteiger partial charge is 0.508 e. The van der Waals surface area contributed by atoms with Gasteiger partial charge in [0, 0.05) is 13.1 Å². The summed E-state index contributed by atoms with van der Waals surface area (Å²) in [6.07, 6.45) is 1.69. The second kappa shape index (κ2) is 8.36. The molecular weight excluding hydrogens is 452 g/mol. The minimum absolute atomic E-state index is 0.00857. The highest BCUT2D eigenvalue weighted by Crippen LogP contribution is 2.42. The number of aliphatic hydroxyl groups is 2. The molecule has 9 nitrogen and oxygen atoms in total. The molecule has 0 spiro atoms. The molecule has 5 N–H and O–H groups in total. The van der Waals surface area contributed by atoms with Crippen LogP contribution in [0.2, 0.25) is 0 Å². The lowest BCUT2D eigenvalue weighted by Crippen LogP contribution is -2.56. The van der Waals surface area contributed by atoms with E-state index in [1.54, 1.807) is 21.9 Å². The molecule has 5 rings (SSSR count). The summed E-state index contributed by atoms with van der Waals surface area (Å²) in [6, 6.07) is 6.10. The van der Waals surface area contributed by atoms with E-state index in [2.05, 4.69) is 10.6 Å². The van der Waals surface area contributed by atoms with Crippen LogP contribution in [0.4, 0.5) is 0 Å². The Morgan fingerprint density at radius 3 is 1.75 bits per heavy atom. The number of fused-ring (bicyclic) bond motifs is 2. The van der Waals surface area contributed by atoms with Gasteiger partial charge < -0.3 is 35.8 Å². The molecule has 4 heterocycles. The van der Waals surface area contributed by atoms with Crippen molar-refractivity contribution in [2.45, 2.75) is 29.8 Å². The summed E-state index contributed by atoms with van der Waals surface area (Å²) in [7, 11) is 0. The number of nitrogens with zero attached hydrogens (tertiary/aromatic N) is 2. The Morgan fingerprint density at radius 2 is 1.28 bits per heavy atom. The van der Waals surface area contributed by atoms with Gasteiger partial charge in [0.25, 0.3) is 11.8 Å². The first-order valence-corrected chi connectivity index (χ1v) is 12.6. The zero-order valence-corrected chi connectivity index (χ0v) is 18.8. The van der Waals surface area contributed by atoms with Gasteiger partial charge in [0.15, 0.2) is 22.8 Å². The van der Waals surface area contributed by atoms with Crippen LogP contribution in [-0.2, 0) is 9.59 Å². The summed E-state index contributed by atoms with van der Waals surface area (Å²) < 4.78 is 0. The van der Waals surface area contributed by atoms with Crippen molar-refractivity contribution in [3.8, 4) is 5.75 Å². The summed E-state index contributed by atoms with van der Waals surface area (Å²) in [5.74, 6) is -0.596. The molecule has 32 heavy (non-hydrogen) atoms. The van der Waals surface area contributed by atoms with Gasteiger partial charge in [0.05, 0.1) is 17.1 Å². The third-order valence-electron chi connectivity index (χ3n) is 6.03. The number of hydrogen-bond donors (Lipinski definition) is 5. The van der Waals surface area contributed by atoms with Gasteiger partial charge in [-0.15, -0.1) is 23.5 Å². The molecule has 0 bridgehead atoms. The van der Waals surface area contributed by atoms with Gasteiger partial charge in [-0.2, -0.15) is 0 Å². The molecular formula is C21H24N4O5S2. The second-order valence-electron chi connectivity index (χ2n) is 7.99. The summed E-state index contributed by atoms with van der Waals surface area (Å²) in [5.41, 5.74) is -0.219. The number of aromatic hydroxyl groups is 1.